The second kappa shape index (κ2) is 7.70. The summed E-state index contributed by atoms with van der Waals surface area (Å²) in [6.45, 7) is 0. The highest BCUT2D eigenvalue weighted by atomic mass is 19.1. The van der Waals surface area contributed by atoms with Gasteiger partial charge in [0, 0.05) is 30.6 Å². The molecule has 0 radical (unpaired) electrons. The molecule has 2 saturated heterocycles. The molecule has 148 valence electrons. The van der Waals surface area contributed by atoms with E-state index in [0.717, 1.165) is 31.4 Å². The molecule has 3 atom stereocenters. The Bertz CT molecular complexity index is 840. The van der Waals surface area contributed by atoms with Crippen molar-refractivity contribution < 1.29 is 23.4 Å². The van der Waals surface area contributed by atoms with Crippen molar-refractivity contribution in [1.29, 1.82) is 0 Å². The fraction of sp³-hybridized carbons (Fsp3) is 0.409. The molecule has 5 nitrogen and oxygen atoms in total. The van der Waals surface area contributed by atoms with E-state index >= 15 is 0 Å². The highest BCUT2D eigenvalue weighted by Gasteiger charge is 2.42. The SMILES string of the molecule is COc1ccc(C(=O)OC2CC3CC[C@H](C2)N3c2ccc(F)cc2)cc1OC. The summed E-state index contributed by atoms with van der Waals surface area (Å²) in [4.78, 5) is 15.0. The average Bonchev–Trinajstić information content (AvgIpc) is 2.98. The molecule has 2 aromatic carbocycles. The summed E-state index contributed by atoms with van der Waals surface area (Å²) in [5.41, 5.74) is 1.49. The maximum atomic E-state index is 13.2. The van der Waals surface area contributed by atoms with Gasteiger partial charge in [-0.2, -0.15) is 0 Å². The minimum absolute atomic E-state index is 0.116. The van der Waals surface area contributed by atoms with E-state index in [1.54, 1.807) is 25.3 Å². The number of hydrogen-bond acceptors (Lipinski definition) is 5. The van der Waals surface area contributed by atoms with E-state index in [1.165, 1.54) is 19.2 Å². The summed E-state index contributed by atoms with van der Waals surface area (Å²) >= 11 is 0. The Balaban J connectivity index is 1.44. The van der Waals surface area contributed by atoms with Crippen LogP contribution in [0.25, 0.3) is 0 Å². The van der Waals surface area contributed by atoms with Crippen LogP contribution in [0.2, 0.25) is 0 Å². The number of halogens is 1. The lowest BCUT2D eigenvalue weighted by molar-refractivity contribution is 0.0203. The number of carbonyl (C=O) groups excluding carboxylic acids is 1. The van der Waals surface area contributed by atoms with Crippen LogP contribution >= 0.6 is 0 Å². The monoisotopic (exact) mass is 385 g/mol. The Morgan fingerprint density at radius 1 is 0.964 bits per heavy atom. The lowest BCUT2D eigenvalue weighted by Crippen LogP contribution is -2.46. The highest BCUT2D eigenvalue weighted by molar-refractivity contribution is 5.90. The van der Waals surface area contributed by atoms with Gasteiger partial charge in [0.05, 0.1) is 19.8 Å². The van der Waals surface area contributed by atoms with E-state index < -0.39 is 0 Å². The van der Waals surface area contributed by atoms with Crippen LogP contribution in [0.15, 0.2) is 42.5 Å². The molecule has 0 saturated carbocycles. The summed E-state index contributed by atoms with van der Waals surface area (Å²) in [5.74, 6) is 0.503. The molecular weight excluding hydrogens is 361 g/mol. The largest absolute Gasteiger partial charge is 0.493 e. The number of fused-ring (bicyclic) bond motifs is 2. The third-order valence-electron chi connectivity index (χ3n) is 5.71. The molecule has 2 unspecified atom stereocenters. The van der Waals surface area contributed by atoms with Crippen LogP contribution in [-0.4, -0.2) is 38.4 Å². The van der Waals surface area contributed by atoms with E-state index in [1.807, 2.05) is 12.1 Å². The maximum Gasteiger partial charge on any atom is 0.338 e. The first-order chi connectivity index (χ1) is 13.6. The van der Waals surface area contributed by atoms with Gasteiger partial charge in [-0.25, -0.2) is 9.18 Å². The Hall–Kier alpha value is -2.76. The first-order valence-electron chi connectivity index (χ1n) is 9.56. The zero-order valence-corrected chi connectivity index (χ0v) is 16.1. The van der Waals surface area contributed by atoms with Crippen molar-refractivity contribution in [1.82, 2.24) is 0 Å². The number of benzene rings is 2. The average molecular weight is 385 g/mol. The fourth-order valence-corrected chi connectivity index (χ4v) is 4.44. The molecule has 0 N–H and O–H groups in total. The number of methoxy groups -OCH3 is 2. The number of hydrogen-bond donors (Lipinski definition) is 0. The third-order valence-corrected chi connectivity index (χ3v) is 5.71. The van der Waals surface area contributed by atoms with Crippen molar-refractivity contribution in [2.24, 2.45) is 0 Å². The second-order valence-corrected chi connectivity index (χ2v) is 7.34. The highest BCUT2D eigenvalue weighted by Crippen LogP contribution is 2.40. The van der Waals surface area contributed by atoms with Crippen LogP contribution in [0.3, 0.4) is 0 Å². The van der Waals surface area contributed by atoms with Crippen LogP contribution in [0.5, 0.6) is 11.5 Å². The Morgan fingerprint density at radius 3 is 2.21 bits per heavy atom. The van der Waals surface area contributed by atoms with Crippen molar-refractivity contribution in [2.45, 2.75) is 43.9 Å². The first kappa shape index (κ1) is 18.6. The molecule has 2 aliphatic rings. The molecular formula is C22H24FNO4. The van der Waals surface area contributed by atoms with E-state index in [0.29, 0.717) is 29.1 Å². The number of esters is 1. The molecule has 2 bridgehead atoms. The van der Waals surface area contributed by atoms with Crippen molar-refractivity contribution in [3.8, 4) is 11.5 Å². The predicted octanol–water partition coefficient (Wildman–Crippen LogP) is 4.20. The zero-order chi connectivity index (χ0) is 19.7. The minimum atomic E-state index is -0.347. The molecule has 2 heterocycles. The predicted molar refractivity (Wildman–Crippen MR) is 104 cm³/mol. The second-order valence-electron chi connectivity index (χ2n) is 7.34. The van der Waals surface area contributed by atoms with Crippen LogP contribution in [0, 0.1) is 5.82 Å². The molecule has 2 fully saturated rings. The molecule has 4 rings (SSSR count). The molecule has 2 aliphatic heterocycles. The maximum absolute atomic E-state index is 13.2. The van der Waals surface area contributed by atoms with Gasteiger partial charge < -0.3 is 19.1 Å². The van der Waals surface area contributed by atoms with Gasteiger partial charge in [0.1, 0.15) is 11.9 Å². The smallest absolute Gasteiger partial charge is 0.338 e. The van der Waals surface area contributed by atoms with Crippen LogP contribution in [-0.2, 0) is 4.74 Å². The summed E-state index contributed by atoms with van der Waals surface area (Å²) < 4.78 is 29.5. The number of piperidine rings is 1. The third kappa shape index (κ3) is 3.51. The van der Waals surface area contributed by atoms with Gasteiger partial charge in [-0.15, -0.1) is 0 Å². The zero-order valence-electron chi connectivity index (χ0n) is 16.1. The quantitative estimate of drug-likeness (QED) is 0.722. The number of carbonyl (C=O) groups is 1. The van der Waals surface area contributed by atoms with E-state index in [9.17, 15) is 9.18 Å². The Kier molecular flexibility index (Phi) is 5.11. The summed E-state index contributed by atoms with van der Waals surface area (Å²) in [7, 11) is 3.09. The minimum Gasteiger partial charge on any atom is -0.493 e. The van der Waals surface area contributed by atoms with Crippen LogP contribution in [0.1, 0.15) is 36.0 Å². The van der Waals surface area contributed by atoms with Gasteiger partial charge in [0.25, 0.3) is 0 Å². The van der Waals surface area contributed by atoms with Crippen LogP contribution < -0.4 is 14.4 Å². The Labute approximate surface area is 164 Å². The van der Waals surface area contributed by atoms with Crippen molar-refractivity contribution in [3.05, 3.63) is 53.8 Å². The molecule has 0 amide bonds. The number of anilines is 1. The van der Waals surface area contributed by atoms with Crippen molar-refractivity contribution >= 4 is 11.7 Å². The summed E-state index contributed by atoms with van der Waals surface area (Å²) in [6.07, 6.45) is 3.58. The van der Waals surface area contributed by atoms with Gasteiger partial charge in [-0.1, -0.05) is 0 Å². The topological polar surface area (TPSA) is 48.0 Å². The van der Waals surface area contributed by atoms with Gasteiger partial charge in [0.2, 0.25) is 0 Å². The molecule has 2 aromatic rings. The first-order valence-corrected chi connectivity index (χ1v) is 9.56. The fourth-order valence-electron chi connectivity index (χ4n) is 4.44. The lowest BCUT2D eigenvalue weighted by atomic mass is 9.98. The van der Waals surface area contributed by atoms with Gasteiger partial charge in [0.15, 0.2) is 11.5 Å². The molecule has 28 heavy (non-hydrogen) atoms. The lowest BCUT2D eigenvalue weighted by Gasteiger charge is -2.40. The normalized spacial score (nSPS) is 23.4. The standard InChI is InChI=1S/C22H24FNO4/c1-26-20-10-3-14(11-21(20)27-2)22(25)28-19-12-17-8-9-18(13-19)24(17)16-6-4-15(23)5-7-16/h3-7,10-11,17-19H,8-9,12-13H2,1-2H3/t17-,18?,19?/m1/s1. The van der Waals surface area contributed by atoms with Crippen LogP contribution in [0.4, 0.5) is 10.1 Å². The molecule has 6 heteroatoms. The number of rotatable bonds is 5. The van der Waals surface area contributed by atoms with Gasteiger partial charge in [-0.3, -0.25) is 0 Å². The van der Waals surface area contributed by atoms with Gasteiger partial charge >= 0.3 is 5.97 Å². The summed E-state index contributed by atoms with van der Waals surface area (Å²) in [5, 5.41) is 0. The van der Waals surface area contributed by atoms with Gasteiger partial charge in [-0.05, 0) is 55.3 Å². The molecule has 0 spiro atoms. The molecule has 0 aliphatic carbocycles. The molecule has 0 aromatic heterocycles. The van der Waals surface area contributed by atoms with Crippen molar-refractivity contribution in [2.75, 3.05) is 19.1 Å². The Morgan fingerprint density at radius 2 is 1.61 bits per heavy atom. The summed E-state index contributed by atoms with van der Waals surface area (Å²) in [6, 6.07) is 12.3. The van der Waals surface area contributed by atoms with E-state index in [2.05, 4.69) is 4.90 Å². The van der Waals surface area contributed by atoms with E-state index in [4.69, 9.17) is 14.2 Å². The number of ether oxygens (including phenoxy) is 3. The van der Waals surface area contributed by atoms with Crippen molar-refractivity contribution in [3.63, 3.8) is 0 Å². The van der Waals surface area contributed by atoms with E-state index in [-0.39, 0.29) is 17.9 Å². The number of nitrogens with zero attached hydrogens (tertiary/aromatic N) is 1.